The monoisotopic (exact) mass is 149 g/mol. The Labute approximate surface area is 58.6 Å². The molecule has 1 atom stereocenters. The molecule has 0 aliphatic heterocycles. The van der Waals surface area contributed by atoms with Crippen molar-refractivity contribution in [1.82, 2.24) is 0 Å². The van der Waals surface area contributed by atoms with Crippen LogP contribution in [0.1, 0.15) is 13.3 Å². The van der Waals surface area contributed by atoms with E-state index in [2.05, 4.69) is 6.92 Å². The summed E-state index contributed by atoms with van der Waals surface area (Å²) < 4.78 is 0. The lowest BCUT2D eigenvalue weighted by atomic mass is 10.6. The van der Waals surface area contributed by atoms with Crippen LogP contribution in [-0.4, -0.2) is 28.8 Å². The van der Waals surface area contributed by atoms with E-state index < -0.39 is 5.97 Å². The highest BCUT2D eigenvalue weighted by Crippen LogP contribution is 1.93. The third-order valence-electron chi connectivity index (χ3n) is 0.922. The van der Waals surface area contributed by atoms with Gasteiger partial charge in [0.05, 0.1) is 6.26 Å². The van der Waals surface area contributed by atoms with E-state index in [1.807, 2.05) is 6.26 Å². The second-order valence-corrected chi connectivity index (χ2v) is 4.28. The second kappa shape index (κ2) is 4.68. The average molecular weight is 149 g/mol. The topological polar surface area (TPSA) is 37.3 Å². The highest BCUT2D eigenvalue weighted by molar-refractivity contribution is 7.96. The van der Waals surface area contributed by atoms with Gasteiger partial charge in [-0.15, -0.1) is 0 Å². The Hall–Kier alpha value is -0.180. The van der Waals surface area contributed by atoms with Crippen molar-refractivity contribution in [2.24, 2.45) is 0 Å². The van der Waals surface area contributed by atoms with Crippen LogP contribution in [-0.2, 0) is 15.7 Å². The number of hydrogen-bond donors (Lipinski definition) is 1. The van der Waals surface area contributed by atoms with E-state index in [9.17, 15) is 4.79 Å². The molecular weight excluding hydrogens is 136 g/mol. The summed E-state index contributed by atoms with van der Waals surface area (Å²) in [7, 11) is 0.100. The molecule has 0 radical (unpaired) electrons. The third kappa shape index (κ3) is 5.69. The summed E-state index contributed by atoms with van der Waals surface area (Å²) in [6.45, 7) is 2.07. The van der Waals surface area contributed by atoms with Crippen molar-refractivity contribution in [2.75, 3.05) is 17.8 Å². The first-order valence-electron chi connectivity index (χ1n) is 2.97. The van der Waals surface area contributed by atoms with Crippen molar-refractivity contribution in [3.63, 3.8) is 0 Å². The Morgan fingerprint density at radius 2 is 2.22 bits per heavy atom. The molecule has 0 aromatic carbocycles. The summed E-state index contributed by atoms with van der Waals surface area (Å²) in [5.74, 6) is 0.717. The molecule has 0 heterocycles. The summed E-state index contributed by atoms with van der Waals surface area (Å²) in [4.78, 5) is 10.1. The highest BCUT2D eigenvalue weighted by Gasteiger charge is 2.13. The molecule has 1 unspecified atom stereocenters. The molecule has 0 bridgehead atoms. The van der Waals surface area contributed by atoms with Crippen molar-refractivity contribution >= 4 is 16.9 Å². The maximum Gasteiger partial charge on any atom is 0.353 e. The molecule has 0 saturated carbocycles. The maximum absolute atomic E-state index is 10.1. The van der Waals surface area contributed by atoms with Crippen LogP contribution in [0.4, 0.5) is 0 Å². The van der Waals surface area contributed by atoms with Crippen LogP contribution in [0.3, 0.4) is 0 Å². The van der Waals surface area contributed by atoms with Crippen LogP contribution in [0, 0.1) is 0 Å². The molecule has 0 saturated heterocycles. The number of hydrogen-bond acceptors (Lipinski definition) is 1. The minimum atomic E-state index is -0.672. The summed E-state index contributed by atoms with van der Waals surface area (Å²) in [5.41, 5.74) is 0. The Bertz CT molecular complexity index is 93.1. The lowest BCUT2D eigenvalue weighted by Gasteiger charge is -1.95. The van der Waals surface area contributed by atoms with Crippen LogP contribution in [0.2, 0.25) is 0 Å². The number of aliphatic carboxylic acids is 1. The fourth-order valence-corrected chi connectivity index (χ4v) is 1.89. The predicted molar refractivity (Wildman–Crippen MR) is 40.9 cm³/mol. The molecule has 3 heteroatoms. The zero-order valence-corrected chi connectivity index (χ0v) is 6.70. The standard InChI is InChI=1S/C6H12O2S/c1-3-4-9(2)5-6(7)8/h3-5H2,1-2H3/p+1. The number of rotatable bonds is 4. The van der Waals surface area contributed by atoms with Gasteiger partial charge in [-0.3, -0.25) is 0 Å². The average Bonchev–Trinajstić information content (AvgIpc) is 1.63. The van der Waals surface area contributed by atoms with E-state index >= 15 is 0 Å². The fraction of sp³-hybridized carbons (Fsp3) is 0.833. The van der Waals surface area contributed by atoms with Gasteiger partial charge >= 0.3 is 5.97 Å². The van der Waals surface area contributed by atoms with E-state index in [0.717, 1.165) is 12.2 Å². The van der Waals surface area contributed by atoms with Crippen molar-refractivity contribution in [3.05, 3.63) is 0 Å². The largest absolute Gasteiger partial charge is 0.478 e. The van der Waals surface area contributed by atoms with Gasteiger partial charge in [-0.2, -0.15) is 0 Å². The van der Waals surface area contributed by atoms with Crippen LogP contribution < -0.4 is 0 Å². The Morgan fingerprint density at radius 1 is 1.67 bits per heavy atom. The van der Waals surface area contributed by atoms with Gasteiger partial charge in [0.25, 0.3) is 0 Å². The van der Waals surface area contributed by atoms with Gasteiger partial charge in [0.1, 0.15) is 5.75 Å². The van der Waals surface area contributed by atoms with Gasteiger partial charge in [0, 0.05) is 0 Å². The van der Waals surface area contributed by atoms with Gasteiger partial charge in [0.2, 0.25) is 5.75 Å². The SMILES string of the molecule is CCC[S+](C)CC(=O)O. The van der Waals surface area contributed by atoms with E-state index in [4.69, 9.17) is 5.11 Å². The maximum atomic E-state index is 10.1. The molecule has 9 heavy (non-hydrogen) atoms. The summed E-state index contributed by atoms with van der Waals surface area (Å²) in [5, 5.41) is 8.32. The van der Waals surface area contributed by atoms with Crippen molar-refractivity contribution in [1.29, 1.82) is 0 Å². The van der Waals surface area contributed by atoms with Crippen LogP contribution >= 0.6 is 0 Å². The molecule has 0 fully saturated rings. The van der Waals surface area contributed by atoms with Gasteiger partial charge < -0.3 is 5.11 Å². The number of carboxylic acid groups (broad SMARTS) is 1. The normalized spacial score (nSPS) is 13.1. The number of carbonyl (C=O) groups is 1. The minimum absolute atomic E-state index is 0.100. The van der Waals surface area contributed by atoms with Gasteiger partial charge in [-0.1, -0.05) is 6.92 Å². The van der Waals surface area contributed by atoms with E-state index in [-0.39, 0.29) is 10.9 Å². The summed E-state index contributed by atoms with van der Waals surface area (Å²) in [6, 6.07) is 0. The molecule has 2 nitrogen and oxygen atoms in total. The fourth-order valence-electron chi connectivity index (χ4n) is 0.631. The molecule has 54 valence electrons. The van der Waals surface area contributed by atoms with Gasteiger partial charge in [0.15, 0.2) is 0 Å². The Morgan fingerprint density at radius 3 is 2.56 bits per heavy atom. The Balaban J connectivity index is 3.26. The molecule has 0 aliphatic rings. The first-order chi connectivity index (χ1) is 4.16. The Kier molecular flexibility index (Phi) is 4.58. The molecule has 0 aromatic heterocycles. The van der Waals surface area contributed by atoms with Crippen LogP contribution in [0.15, 0.2) is 0 Å². The lowest BCUT2D eigenvalue weighted by Crippen LogP contribution is -2.16. The van der Waals surface area contributed by atoms with E-state index in [1.54, 1.807) is 0 Å². The molecule has 0 aliphatic carbocycles. The first-order valence-corrected chi connectivity index (χ1v) is 4.95. The number of carboxylic acids is 1. The minimum Gasteiger partial charge on any atom is -0.478 e. The van der Waals surface area contributed by atoms with E-state index in [0.29, 0.717) is 5.75 Å². The van der Waals surface area contributed by atoms with Crippen molar-refractivity contribution in [3.8, 4) is 0 Å². The molecule has 0 rings (SSSR count). The van der Waals surface area contributed by atoms with Crippen molar-refractivity contribution in [2.45, 2.75) is 13.3 Å². The van der Waals surface area contributed by atoms with Gasteiger partial charge in [-0.25, -0.2) is 4.79 Å². The first kappa shape index (κ1) is 8.82. The van der Waals surface area contributed by atoms with Crippen LogP contribution in [0.5, 0.6) is 0 Å². The summed E-state index contributed by atoms with van der Waals surface area (Å²) in [6.07, 6.45) is 3.09. The van der Waals surface area contributed by atoms with Crippen LogP contribution in [0.25, 0.3) is 0 Å². The zero-order chi connectivity index (χ0) is 7.28. The van der Waals surface area contributed by atoms with Crippen molar-refractivity contribution < 1.29 is 9.90 Å². The quantitative estimate of drug-likeness (QED) is 0.598. The third-order valence-corrected chi connectivity index (χ3v) is 2.77. The molecule has 0 spiro atoms. The summed E-state index contributed by atoms with van der Waals surface area (Å²) >= 11 is 0. The smallest absolute Gasteiger partial charge is 0.353 e. The molecule has 0 amide bonds. The van der Waals surface area contributed by atoms with E-state index in [1.165, 1.54) is 0 Å². The zero-order valence-electron chi connectivity index (χ0n) is 5.89. The second-order valence-electron chi connectivity index (χ2n) is 2.02. The highest BCUT2D eigenvalue weighted by atomic mass is 32.2. The predicted octanol–water partition coefficient (Wildman–Crippen LogP) is 0.729. The van der Waals surface area contributed by atoms with Gasteiger partial charge in [-0.05, 0) is 17.3 Å². The lowest BCUT2D eigenvalue weighted by molar-refractivity contribution is -0.133. The molecule has 1 N–H and O–H groups in total. The molecular formula is C6H13O2S+. The molecule has 0 aromatic rings.